The molecule has 2 aromatic carbocycles. The molecule has 24 heavy (non-hydrogen) atoms. The number of nitrogens with one attached hydrogen (secondary N) is 1. The van der Waals surface area contributed by atoms with E-state index in [1.165, 1.54) is 11.1 Å². The highest BCUT2D eigenvalue weighted by Crippen LogP contribution is 2.25. The molecule has 1 aliphatic rings. The van der Waals surface area contributed by atoms with Gasteiger partial charge in [0.05, 0.1) is 7.11 Å². The largest absolute Gasteiger partial charge is 0.497 e. The number of ether oxygens (including phenoxy) is 1. The molecule has 4 nitrogen and oxygen atoms in total. The Hall–Kier alpha value is -2.33. The smallest absolute Gasteiger partial charge is 0.227 e. The lowest BCUT2D eigenvalue weighted by molar-refractivity contribution is -0.117. The zero-order valence-electron chi connectivity index (χ0n) is 14.3. The second kappa shape index (κ2) is 7.49. The molecule has 0 bridgehead atoms. The van der Waals surface area contributed by atoms with Gasteiger partial charge in [-0.15, -0.1) is 0 Å². The zero-order valence-corrected chi connectivity index (χ0v) is 14.3. The molecule has 2 aromatic rings. The van der Waals surface area contributed by atoms with Crippen LogP contribution in [0.5, 0.6) is 5.75 Å². The van der Waals surface area contributed by atoms with Crippen LogP contribution in [0.1, 0.15) is 36.9 Å². The monoisotopic (exact) mass is 324 g/mol. The van der Waals surface area contributed by atoms with Gasteiger partial charge in [-0.1, -0.05) is 24.3 Å². The number of methoxy groups -OCH3 is 1. The van der Waals surface area contributed by atoms with Gasteiger partial charge >= 0.3 is 0 Å². The number of hydrogen-bond acceptors (Lipinski definition) is 3. The molecule has 4 heteroatoms. The van der Waals surface area contributed by atoms with E-state index in [-0.39, 0.29) is 11.9 Å². The summed E-state index contributed by atoms with van der Waals surface area (Å²) < 4.78 is 5.18. The lowest BCUT2D eigenvalue weighted by Crippen LogP contribution is -2.24. The van der Waals surface area contributed by atoms with Crippen LogP contribution in [0.3, 0.4) is 0 Å². The minimum absolute atomic E-state index is 0.213. The molecule has 1 aliphatic heterocycles. The summed E-state index contributed by atoms with van der Waals surface area (Å²) in [4.78, 5) is 13.8. The third-order valence-corrected chi connectivity index (χ3v) is 4.53. The van der Waals surface area contributed by atoms with Gasteiger partial charge in [0.1, 0.15) is 5.75 Å². The molecular formula is C20H24N2O2. The molecule has 1 fully saturated rings. The molecule has 1 unspecified atom stereocenters. The van der Waals surface area contributed by atoms with Crippen LogP contribution in [0.15, 0.2) is 48.5 Å². The quantitative estimate of drug-likeness (QED) is 0.881. The Morgan fingerprint density at radius 2 is 2.00 bits per heavy atom. The van der Waals surface area contributed by atoms with Crippen molar-refractivity contribution in [1.82, 2.24) is 5.32 Å². The molecule has 0 aromatic heterocycles. The van der Waals surface area contributed by atoms with Crippen molar-refractivity contribution in [2.75, 3.05) is 18.6 Å². The molecule has 0 saturated carbocycles. The number of anilines is 1. The van der Waals surface area contributed by atoms with Crippen molar-refractivity contribution in [2.24, 2.45) is 0 Å². The topological polar surface area (TPSA) is 41.6 Å². The second-order valence-corrected chi connectivity index (χ2v) is 6.19. The Balaban J connectivity index is 1.64. The van der Waals surface area contributed by atoms with E-state index in [0.29, 0.717) is 6.42 Å². The fraction of sp³-hybridized carbons (Fsp3) is 0.350. The number of amides is 1. The highest BCUT2D eigenvalue weighted by molar-refractivity contribution is 5.95. The maximum atomic E-state index is 11.9. The van der Waals surface area contributed by atoms with Crippen molar-refractivity contribution in [3.05, 3.63) is 59.7 Å². The summed E-state index contributed by atoms with van der Waals surface area (Å²) in [6.07, 6.45) is 1.61. The van der Waals surface area contributed by atoms with Crippen LogP contribution in [0.4, 0.5) is 5.69 Å². The van der Waals surface area contributed by atoms with E-state index in [2.05, 4.69) is 36.5 Å². The SMILES string of the molecule is COc1ccc(CNC(C)c2cccc(N3CCCC3=O)c2)cc1. The van der Waals surface area contributed by atoms with Crippen LogP contribution in [0, 0.1) is 0 Å². The van der Waals surface area contributed by atoms with E-state index in [0.717, 1.165) is 30.9 Å². The minimum Gasteiger partial charge on any atom is -0.497 e. The van der Waals surface area contributed by atoms with Crippen LogP contribution >= 0.6 is 0 Å². The van der Waals surface area contributed by atoms with Crippen LogP contribution in [0.2, 0.25) is 0 Å². The van der Waals surface area contributed by atoms with Gasteiger partial charge in [-0.3, -0.25) is 4.79 Å². The van der Waals surface area contributed by atoms with E-state index >= 15 is 0 Å². The van der Waals surface area contributed by atoms with Gasteiger partial charge in [0, 0.05) is 31.2 Å². The first kappa shape index (κ1) is 16.5. The molecule has 1 N–H and O–H groups in total. The number of rotatable bonds is 6. The van der Waals surface area contributed by atoms with Gasteiger partial charge in [-0.05, 0) is 48.7 Å². The number of carbonyl (C=O) groups excluding carboxylic acids is 1. The van der Waals surface area contributed by atoms with Crippen molar-refractivity contribution < 1.29 is 9.53 Å². The summed E-state index contributed by atoms with van der Waals surface area (Å²) in [7, 11) is 1.67. The zero-order chi connectivity index (χ0) is 16.9. The number of carbonyl (C=O) groups is 1. The van der Waals surface area contributed by atoms with Crippen molar-refractivity contribution in [3.8, 4) is 5.75 Å². The highest BCUT2D eigenvalue weighted by Gasteiger charge is 2.22. The third kappa shape index (κ3) is 3.77. The first-order chi connectivity index (χ1) is 11.7. The van der Waals surface area contributed by atoms with Gasteiger partial charge in [0.2, 0.25) is 5.91 Å². The Kier molecular flexibility index (Phi) is 5.16. The molecule has 3 rings (SSSR count). The number of nitrogens with zero attached hydrogens (tertiary/aromatic N) is 1. The average Bonchev–Trinajstić information content (AvgIpc) is 3.06. The van der Waals surface area contributed by atoms with Crippen molar-refractivity contribution in [3.63, 3.8) is 0 Å². The van der Waals surface area contributed by atoms with E-state index in [1.807, 2.05) is 29.2 Å². The summed E-state index contributed by atoms with van der Waals surface area (Å²) in [5, 5.41) is 3.54. The molecule has 0 radical (unpaired) electrons. The van der Waals surface area contributed by atoms with Gasteiger partial charge in [-0.2, -0.15) is 0 Å². The lowest BCUT2D eigenvalue weighted by atomic mass is 10.1. The first-order valence-electron chi connectivity index (χ1n) is 8.44. The summed E-state index contributed by atoms with van der Waals surface area (Å²) in [6, 6.07) is 16.6. The summed E-state index contributed by atoms with van der Waals surface area (Å²) >= 11 is 0. The Bertz CT molecular complexity index is 697. The van der Waals surface area contributed by atoms with Crippen molar-refractivity contribution >= 4 is 11.6 Å². The average molecular weight is 324 g/mol. The Labute approximate surface area is 143 Å². The normalized spacial score (nSPS) is 15.6. The molecule has 1 amide bonds. The Morgan fingerprint density at radius 3 is 2.67 bits per heavy atom. The Morgan fingerprint density at radius 1 is 1.21 bits per heavy atom. The minimum atomic E-state index is 0.213. The van der Waals surface area contributed by atoms with E-state index < -0.39 is 0 Å². The molecule has 1 heterocycles. The van der Waals surface area contributed by atoms with Gasteiger partial charge in [0.25, 0.3) is 0 Å². The summed E-state index contributed by atoms with van der Waals surface area (Å²) in [5.41, 5.74) is 3.42. The van der Waals surface area contributed by atoms with E-state index in [1.54, 1.807) is 7.11 Å². The second-order valence-electron chi connectivity index (χ2n) is 6.19. The van der Waals surface area contributed by atoms with Crippen molar-refractivity contribution in [1.29, 1.82) is 0 Å². The van der Waals surface area contributed by atoms with Crippen LogP contribution in [-0.2, 0) is 11.3 Å². The maximum absolute atomic E-state index is 11.9. The molecular weight excluding hydrogens is 300 g/mol. The number of hydrogen-bond donors (Lipinski definition) is 1. The molecule has 1 atom stereocenters. The van der Waals surface area contributed by atoms with Crippen molar-refractivity contribution in [2.45, 2.75) is 32.4 Å². The third-order valence-electron chi connectivity index (χ3n) is 4.53. The van der Waals surface area contributed by atoms with Gasteiger partial charge in [0.15, 0.2) is 0 Å². The first-order valence-corrected chi connectivity index (χ1v) is 8.44. The molecule has 126 valence electrons. The predicted molar refractivity (Wildman–Crippen MR) is 96.3 cm³/mol. The standard InChI is InChI=1S/C20H24N2O2/c1-15(21-14-16-8-10-19(24-2)11-9-16)17-5-3-6-18(13-17)22-12-4-7-20(22)23/h3,5-6,8-11,13,15,21H,4,7,12,14H2,1-2H3. The van der Waals surface area contributed by atoms with E-state index in [4.69, 9.17) is 4.74 Å². The number of benzene rings is 2. The molecule has 1 saturated heterocycles. The summed E-state index contributed by atoms with van der Waals surface area (Å²) in [6.45, 7) is 3.77. The van der Waals surface area contributed by atoms with E-state index in [9.17, 15) is 4.79 Å². The maximum Gasteiger partial charge on any atom is 0.227 e. The predicted octanol–water partition coefficient (Wildman–Crippen LogP) is 3.67. The highest BCUT2D eigenvalue weighted by atomic mass is 16.5. The molecule has 0 spiro atoms. The summed E-state index contributed by atoms with van der Waals surface area (Å²) in [5.74, 6) is 1.10. The van der Waals surface area contributed by atoms with Crippen LogP contribution in [0.25, 0.3) is 0 Å². The lowest BCUT2D eigenvalue weighted by Gasteiger charge is -2.19. The van der Waals surface area contributed by atoms with Crippen LogP contribution in [-0.4, -0.2) is 19.6 Å². The van der Waals surface area contributed by atoms with Gasteiger partial charge < -0.3 is 15.0 Å². The van der Waals surface area contributed by atoms with Crippen LogP contribution < -0.4 is 15.0 Å². The fourth-order valence-electron chi connectivity index (χ4n) is 3.02. The molecule has 0 aliphatic carbocycles. The fourth-order valence-corrected chi connectivity index (χ4v) is 3.02. The van der Waals surface area contributed by atoms with Gasteiger partial charge in [-0.25, -0.2) is 0 Å².